The Balaban J connectivity index is 5.26. The number of rotatable bonds is 72. The first-order valence-electron chi connectivity index (χ1n) is 38.8. The molecule has 0 heterocycles. The minimum Gasteiger partial charge on any atom is -0.462 e. The molecule has 94 heavy (non-hydrogen) atoms. The van der Waals surface area contributed by atoms with Crippen molar-refractivity contribution in [1.29, 1.82) is 0 Å². The Bertz CT molecular complexity index is 1850. The van der Waals surface area contributed by atoms with Crippen molar-refractivity contribution in [1.82, 2.24) is 0 Å². The molecule has 0 rings (SSSR count). The van der Waals surface area contributed by atoms with E-state index < -0.39 is 97.5 Å². The molecule has 7 atom stereocenters. The zero-order chi connectivity index (χ0) is 69.6. The van der Waals surface area contributed by atoms with Crippen molar-refractivity contribution in [2.24, 2.45) is 23.7 Å². The molecular formula is C75H146O17P2. The molecule has 0 amide bonds. The van der Waals surface area contributed by atoms with Crippen molar-refractivity contribution < 1.29 is 80.2 Å². The topological polar surface area (TPSA) is 237 Å². The van der Waals surface area contributed by atoms with Crippen LogP contribution in [0.4, 0.5) is 0 Å². The van der Waals surface area contributed by atoms with E-state index in [9.17, 15) is 43.2 Å². The van der Waals surface area contributed by atoms with E-state index in [-0.39, 0.29) is 25.7 Å². The lowest BCUT2D eigenvalue weighted by Crippen LogP contribution is -2.30. The van der Waals surface area contributed by atoms with Crippen LogP contribution in [-0.4, -0.2) is 96.7 Å². The number of carbonyl (C=O) groups is 4. The average molecular weight is 1380 g/mol. The molecule has 0 bridgehead atoms. The number of hydrogen-bond donors (Lipinski definition) is 3. The maximum atomic E-state index is 13.1. The average Bonchev–Trinajstić information content (AvgIpc) is 1.33. The minimum absolute atomic E-state index is 0.104. The summed E-state index contributed by atoms with van der Waals surface area (Å²) in [4.78, 5) is 72.8. The SMILES string of the molecule is CCC(C)CCCCCCCCCCC(=O)O[C@H](COC(=O)CCCCCCCCC(C)CC)COP(=O)(O)OC[C@H](O)COP(=O)(O)OC[C@@H](COC(=O)CCCCCCCCCCCCCCCCC(C)C)OC(=O)CCCCCCCCCCCCCCC(C)C. The zero-order valence-electron chi connectivity index (χ0n) is 61.6. The Morgan fingerprint density at radius 2 is 0.511 bits per heavy atom. The van der Waals surface area contributed by atoms with E-state index in [1.54, 1.807) is 0 Å². The van der Waals surface area contributed by atoms with Gasteiger partial charge in [0.2, 0.25) is 0 Å². The largest absolute Gasteiger partial charge is 0.472 e. The number of ether oxygens (including phenoxy) is 4. The molecule has 0 aromatic heterocycles. The van der Waals surface area contributed by atoms with Gasteiger partial charge in [0, 0.05) is 25.7 Å². The highest BCUT2D eigenvalue weighted by Gasteiger charge is 2.30. The van der Waals surface area contributed by atoms with Crippen LogP contribution in [0, 0.1) is 23.7 Å². The number of carbonyl (C=O) groups excluding carboxylic acids is 4. The van der Waals surface area contributed by atoms with Crippen LogP contribution in [-0.2, 0) is 65.4 Å². The predicted molar refractivity (Wildman–Crippen MR) is 381 cm³/mol. The second-order valence-corrected chi connectivity index (χ2v) is 31.4. The van der Waals surface area contributed by atoms with Crippen LogP contribution in [0.5, 0.6) is 0 Å². The summed E-state index contributed by atoms with van der Waals surface area (Å²) in [5.41, 5.74) is 0. The highest BCUT2D eigenvalue weighted by Crippen LogP contribution is 2.45. The summed E-state index contributed by atoms with van der Waals surface area (Å²) in [7, 11) is -9.91. The normalized spacial score (nSPS) is 14.7. The van der Waals surface area contributed by atoms with Gasteiger partial charge in [-0.3, -0.25) is 37.3 Å². The maximum Gasteiger partial charge on any atom is 0.472 e. The van der Waals surface area contributed by atoms with Crippen molar-refractivity contribution in [2.45, 2.75) is 395 Å². The molecule has 0 fully saturated rings. The quantitative estimate of drug-likeness (QED) is 0.0222. The van der Waals surface area contributed by atoms with Gasteiger partial charge in [0.1, 0.15) is 19.3 Å². The molecule has 0 saturated carbocycles. The van der Waals surface area contributed by atoms with Gasteiger partial charge in [-0.15, -0.1) is 0 Å². The van der Waals surface area contributed by atoms with Crippen LogP contribution >= 0.6 is 15.6 Å². The van der Waals surface area contributed by atoms with E-state index in [1.165, 1.54) is 173 Å². The molecule has 0 radical (unpaired) electrons. The second-order valence-electron chi connectivity index (χ2n) is 28.5. The van der Waals surface area contributed by atoms with Crippen LogP contribution in [0.15, 0.2) is 0 Å². The standard InChI is InChI=1S/C75H146O17P2/c1-9-67(7)53-45-37-29-25-26-32-42-50-58-75(80)92-71(62-86-73(78)56-48-40-34-33-38-46-54-68(8)10-2)64-90-94(83,84)88-60-69(76)59-87-93(81,82)89-63-70(91-74(79)57-49-41-31-24-20-16-15-18-22-28-36-44-52-66(5)6)61-85-72(77)55-47-39-30-23-19-14-12-11-13-17-21-27-35-43-51-65(3)4/h65-71,76H,9-64H2,1-8H3,(H,81,82)(H,83,84)/t67?,68?,69-,70-,71-/m1/s1. The van der Waals surface area contributed by atoms with Gasteiger partial charge in [-0.2, -0.15) is 0 Å². The van der Waals surface area contributed by atoms with Crippen molar-refractivity contribution in [2.75, 3.05) is 39.6 Å². The van der Waals surface area contributed by atoms with Crippen LogP contribution < -0.4 is 0 Å². The second kappa shape index (κ2) is 64.4. The number of hydrogen-bond acceptors (Lipinski definition) is 15. The highest BCUT2D eigenvalue weighted by atomic mass is 31.2. The Hall–Kier alpha value is -1.94. The molecule has 0 saturated heterocycles. The zero-order valence-corrected chi connectivity index (χ0v) is 63.4. The van der Waals surface area contributed by atoms with E-state index in [0.29, 0.717) is 25.7 Å². The first-order valence-corrected chi connectivity index (χ1v) is 41.8. The maximum absolute atomic E-state index is 13.1. The van der Waals surface area contributed by atoms with Crippen LogP contribution in [0.1, 0.15) is 376 Å². The Labute approximate surface area is 575 Å². The summed E-state index contributed by atoms with van der Waals surface area (Å²) in [5.74, 6) is 0.952. The van der Waals surface area contributed by atoms with Crippen LogP contribution in [0.25, 0.3) is 0 Å². The van der Waals surface area contributed by atoms with Gasteiger partial charge in [-0.1, -0.05) is 325 Å². The third-order valence-electron chi connectivity index (χ3n) is 18.0. The summed E-state index contributed by atoms with van der Waals surface area (Å²) >= 11 is 0. The molecule has 4 unspecified atom stereocenters. The molecular weight excluding hydrogens is 1230 g/mol. The molecule has 0 aliphatic heterocycles. The Morgan fingerprint density at radius 3 is 0.755 bits per heavy atom. The first-order chi connectivity index (χ1) is 45.2. The number of aliphatic hydroxyl groups is 1. The van der Waals surface area contributed by atoms with E-state index in [2.05, 4.69) is 55.4 Å². The fraction of sp³-hybridized carbons (Fsp3) is 0.947. The monoisotopic (exact) mass is 1380 g/mol. The van der Waals surface area contributed by atoms with Gasteiger partial charge >= 0.3 is 39.5 Å². The molecule has 3 N–H and O–H groups in total. The lowest BCUT2D eigenvalue weighted by atomic mass is 9.99. The van der Waals surface area contributed by atoms with E-state index in [4.69, 9.17) is 37.0 Å². The fourth-order valence-electron chi connectivity index (χ4n) is 11.3. The molecule has 0 aliphatic carbocycles. The number of esters is 4. The number of phosphoric acid groups is 2. The summed E-state index contributed by atoms with van der Waals surface area (Å²) in [6, 6.07) is 0. The molecule has 0 spiro atoms. The predicted octanol–water partition coefficient (Wildman–Crippen LogP) is 21.7. The summed E-state index contributed by atoms with van der Waals surface area (Å²) in [6.45, 7) is 14.2. The van der Waals surface area contributed by atoms with Crippen molar-refractivity contribution in [3.05, 3.63) is 0 Å². The van der Waals surface area contributed by atoms with Crippen molar-refractivity contribution in [3.63, 3.8) is 0 Å². The van der Waals surface area contributed by atoms with Crippen molar-refractivity contribution >= 4 is 39.5 Å². The van der Waals surface area contributed by atoms with Gasteiger partial charge in [0.25, 0.3) is 0 Å². The summed E-state index contributed by atoms with van der Waals surface area (Å²) in [5, 5.41) is 10.6. The van der Waals surface area contributed by atoms with E-state index >= 15 is 0 Å². The molecule has 17 nitrogen and oxygen atoms in total. The fourth-order valence-corrected chi connectivity index (χ4v) is 12.9. The van der Waals surface area contributed by atoms with E-state index in [0.717, 1.165) is 120 Å². The number of unbranched alkanes of at least 4 members (excludes halogenated alkanes) is 36. The number of aliphatic hydroxyl groups excluding tert-OH is 1. The minimum atomic E-state index is -4.96. The first kappa shape index (κ1) is 92.1. The summed E-state index contributed by atoms with van der Waals surface area (Å²) < 4.78 is 68.5. The van der Waals surface area contributed by atoms with Gasteiger partial charge in [0.15, 0.2) is 12.2 Å². The van der Waals surface area contributed by atoms with Gasteiger partial charge in [-0.05, 0) is 49.4 Å². The molecule has 0 aliphatic rings. The third-order valence-corrected chi connectivity index (χ3v) is 19.9. The van der Waals surface area contributed by atoms with Gasteiger partial charge in [0.05, 0.1) is 26.4 Å². The molecule has 558 valence electrons. The lowest BCUT2D eigenvalue weighted by Gasteiger charge is -2.21. The molecule has 0 aromatic rings. The van der Waals surface area contributed by atoms with E-state index in [1.807, 2.05) is 0 Å². The highest BCUT2D eigenvalue weighted by molar-refractivity contribution is 7.47. The third kappa shape index (κ3) is 66.0. The Kier molecular flexibility index (Phi) is 63.1. The van der Waals surface area contributed by atoms with Gasteiger partial charge < -0.3 is 33.8 Å². The molecule has 0 aromatic carbocycles. The van der Waals surface area contributed by atoms with Gasteiger partial charge in [-0.25, -0.2) is 9.13 Å². The lowest BCUT2D eigenvalue weighted by molar-refractivity contribution is -0.161. The number of phosphoric ester groups is 2. The van der Waals surface area contributed by atoms with Crippen LogP contribution in [0.2, 0.25) is 0 Å². The van der Waals surface area contributed by atoms with Crippen molar-refractivity contribution in [3.8, 4) is 0 Å². The smallest absolute Gasteiger partial charge is 0.462 e. The Morgan fingerprint density at radius 1 is 0.298 bits per heavy atom. The van der Waals surface area contributed by atoms with Crippen LogP contribution in [0.3, 0.4) is 0 Å². The summed E-state index contributed by atoms with van der Waals surface area (Å²) in [6.07, 6.45) is 48.5. The molecule has 19 heteroatoms.